The van der Waals surface area contributed by atoms with Crippen LogP contribution in [0.1, 0.15) is 46.5 Å². The first-order chi connectivity index (χ1) is 14.0. The zero-order valence-corrected chi connectivity index (χ0v) is 18.2. The highest BCUT2D eigenvalue weighted by molar-refractivity contribution is 5.88. The van der Waals surface area contributed by atoms with Crippen molar-refractivity contribution < 1.29 is 0 Å². The fraction of sp³-hybridized carbons (Fsp3) is 0.480. The number of nitrogens with zero attached hydrogens (tertiary/aromatic N) is 3. The van der Waals surface area contributed by atoms with Crippen molar-refractivity contribution in [2.24, 2.45) is 0 Å². The van der Waals surface area contributed by atoms with E-state index < -0.39 is 0 Å². The van der Waals surface area contributed by atoms with E-state index in [2.05, 4.69) is 60.7 Å². The fourth-order valence-corrected chi connectivity index (χ4v) is 5.52. The molecular formula is C25H32N4. The topological polar surface area (TPSA) is 33.1 Å². The minimum absolute atomic E-state index is 1.05. The van der Waals surface area contributed by atoms with E-state index in [0.29, 0.717) is 0 Å². The normalized spacial score (nSPS) is 17.0. The summed E-state index contributed by atoms with van der Waals surface area (Å²) in [5.41, 5.74) is 12.0. The average Bonchev–Trinajstić information content (AvgIpc) is 3.01. The Balaban J connectivity index is 1.78. The van der Waals surface area contributed by atoms with E-state index >= 15 is 0 Å². The molecule has 0 saturated carbocycles. The Hall–Kier alpha value is -2.33. The van der Waals surface area contributed by atoms with Crippen LogP contribution in [0.2, 0.25) is 0 Å². The predicted octanol–water partition coefficient (Wildman–Crippen LogP) is 4.55. The van der Waals surface area contributed by atoms with Gasteiger partial charge < -0.3 is 10.2 Å². The molecule has 2 aromatic heterocycles. The highest BCUT2D eigenvalue weighted by atomic mass is 15.2. The van der Waals surface area contributed by atoms with Gasteiger partial charge in [-0.05, 0) is 76.1 Å². The Bertz CT molecular complexity index is 1060. The van der Waals surface area contributed by atoms with E-state index in [1.54, 1.807) is 0 Å². The number of nitrogens with one attached hydrogen (secondary N) is 1. The third-order valence-corrected chi connectivity index (χ3v) is 6.73. The largest absolute Gasteiger partial charge is 0.368 e. The Morgan fingerprint density at radius 3 is 2.31 bits per heavy atom. The highest BCUT2D eigenvalue weighted by Gasteiger charge is 2.25. The lowest BCUT2D eigenvalue weighted by molar-refractivity contribution is 0.588. The molecule has 0 unspecified atom stereocenters. The molecule has 0 amide bonds. The standard InChI is InChI=1S/C25H32N4/c1-16-13-17(2)24(18(3)14-16)29-22-8-6-5-7-20(22)21-15-23(19(4)27-25(21)29)28-11-9-26-10-12-28/h13-15,26H,5-12H2,1-4H3. The Morgan fingerprint density at radius 1 is 0.897 bits per heavy atom. The molecule has 1 aliphatic heterocycles. The van der Waals surface area contributed by atoms with Gasteiger partial charge in [-0.1, -0.05) is 17.7 Å². The van der Waals surface area contributed by atoms with Crippen molar-refractivity contribution in [3.63, 3.8) is 0 Å². The van der Waals surface area contributed by atoms with Crippen molar-refractivity contribution in [2.75, 3.05) is 31.1 Å². The van der Waals surface area contributed by atoms with Gasteiger partial charge >= 0.3 is 0 Å². The van der Waals surface area contributed by atoms with Crippen molar-refractivity contribution in [2.45, 2.75) is 53.4 Å². The van der Waals surface area contributed by atoms with E-state index in [0.717, 1.165) is 43.9 Å². The molecule has 0 bridgehead atoms. The van der Waals surface area contributed by atoms with Gasteiger partial charge in [0.05, 0.1) is 17.1 Å². The number of benzene rings is 1. The van der Waals surface area contributed by atoms with Gasteiger partial charge in [-0.15, -0.1) is 0 Å². The molecule has 3 aromatic rings. The molecule has 0 radical (unpaired) electrons. The summed E-state index contributed by atoms with van der Waals surface area (Å²) in [7, 11) is 0. The molecule has 0 atom stereocenters. The summed E-state index contributed by atoms with van der Waals surface area (Å²) in [5, 5.41) is 4.84. The number of aryl methyl sites for hydroxylation is 5. The van der Waals surface area contributed by atoms with Crippen LogP contribution < -0.4 is 10.2 Å². The monoisotopic (exact) mass is 388 g/mol. The zero-order valence-electron chi connectivity index (χ0n) is 18.2. The molecular weight excluding hydrogens is 356 g/mol. The van der Waals surface area contributed by atoms with Gasteiger partial charge in [0.15, 0.2) is 0 Å². The van der Waals surface area contributed by atoms with Crippen LogP contribution in [0.5, 0.6) is 0 Å². The molecule has 1 saturated heterocycles. The Morgan fingerprint density at radius 2 is 1.59 bits per heavy atom. The lowest BCUT2D eigenvalue weighted by Gasteiger charge is -2.30. The summed E-state index contributed by atoms with van der Waals surface area (Å²) in [6, 6.07) is 7.07. The smallest absolute Gasteiger partial charge is 0.145 e. The molecule has 29 heavy (non-hydrogen) atoms. The summed E-state index contributed by atoms with van der Waals surface area (Å²) in [6.45, 7) is 13.1. The quantitative estimate of drug-likeness (QED) is 0.699. The second kappa shape index (κ2) is 7.17. The SMILES string of the molecule is Cc1cc(C)c(-n2c3c(c4cc(N5CCNCC5)c(C)nc42)CCCC3)c(C)c1. The van der Waals surface area contributed by atoms with Gasteiger partial charge in [0.1, 0.15) is 5.65 Å². The molecule has 1 N–H and O–H groups in total. The highest BCUT2D eigenvalue weighted by Crippen LogP contribution is 2.38. The molecule has 1 fully saturated rings. The second-order valence-corrected chi connectivity index (χ2v) is 8.92. The van der Waals surface area contributed by atoms with Gasteiger partial charge in [-0.2, -0.15) is 0 Å². The third-order valence-electron chi connectivity index (χ3n) is 6.73. The van der Waals surface area contributed by atoms with E-state index in [4.69, 9.17) is 4.98 Å². The summed E-state index contributed by atoms with van der Waals surface area (Å²) in [6.07, 6.45) is 4.89. The summed E-state index contributed by atoms with van der Waals surface area (Å²) < 4.78 is 2.50. The maximum Gasteiger partial charge on any atom is 0.145 e. The minimum atomic E-state index is 1.05. The molecule has 5 rings (SSSR count). The number of piperazine rings is 1. The second-order valence-electron chi connectivity index (χ2n) is 8.92. The number of fused-ring (bicyclic) bond motifs is 3. The van der Waals surface area contributed by atoms with E-state index in [9.17, 15) is 0 Å². The van der Waals surface area contributed by atoms with Gasteiger partial charge in [-0.3, -0.25) is 4.57 Å². The number of anilines is 1. The first kappa shape index (κ1) is 18.7. The number of rotatable bonds is 2. The summed E-state index contributed by atoms with van der Waals surface area (Å²) in [4.78, 5) is 7.74. The Kier molecular flexibility index (Phi) is 4.62. The van der Waals surface area contributed by atoms with Crippen LogP contribution >= 0.6 is 0 Å². The van der Waals surface area contributed by atoms with Gasteiger partial charge in [0, 0.05) is 37.3 Å². The maximum atomic E-state index is 5.24. The van der Waals surface area contributed by atoms with Crippen molar-refractivity contribution in [1.29, 1.82) is 0 Å². The van der Waals surface area contributed by atoms with Crippen molar-refractivity contribution >= 4 is 16.7 Å². The summed E-state index contributed by atoms with van der Waals surface area (Å²) in [5.74, 6) is 0. The third kappa shape index (κ3) is 3.05. The molecule has 4 nitrogen and oxygen atoms in total. The van der Waals surface area contributed by atoms with Crippen molar-refractivity contribution in [3.05, 3.63) is 51.8 Å². The number of pyridine rings is 1. The number of hydrogen-bond donors (Lipinski definition) is 1. The first-order valence-corrected chi connectivity index (χ1v) is 11.1. The zero-order chi connectivity index (χ0) is 20.1. The molecule has 3 heterocycles. The van der Waals surface area contributed by atoms with Gasteiger partial charge in [-0.25, -0.2) is 4.98 Å². The van der Waals surface area contributed by atoms with Crippen LogP contribution in [0.4, 0.5) is 5.69 Å². The molecule has 2 aliphatic rings. The van der Waals surface area contributed by atoms with Crippen LogP contribution in [0.15, 0.2) is 18.2 Å². The number of hydrogen-bond acceptors (Lipinski definition) is 3. The van der Waals surface area contributed by atoms with E-state index in [1.807, 2.05) is 0 Å². The van der Waals surface area contributed by atoms with Gasteiger partial charge in [0.2, 0.25) is 0 Å². The van der Waals surface area contributed by atoms with Crippen molar-refractivity contribution in [3.8, 4) is 5.69 Å². The average molecular weight is 389 g/mol. The predicted molar refractivity (Wildman–Crippen MR) is 122 cm³/mol. The minimum Gasteiger partial charge on any atom is -0.368 e. The van der Waals surface area contributed by atoms with Crippen LogP contribution in [-0.2, 0) is 12.8 Å². The molecule has 4 heteroatoms. The summed E-state index contributed by atoms with van der Waals surface area (Å²) >= 11 is 0. The molecule has 1 aliphatic carbocycles. The number of aromatic nitrogens is 2. The molecule has 152 valence electrons. The van der Waals surface area contributed by atoms with E-state index in [-0.39, 0.29) is 0 Å². The lowest BCUT2D eigenvalue weighted by Crippen LogP contribution is -2.43. The van der Waals surface area contributed by atoms with Gasteiger partial charge in [0.25, 0.3) is 0 Å². The van der Waals surface area contributed by atoms with Crippen LogP contribution in [-0.4, -0.2) is 35.7 Å². The van der Waals surface area contributed by atoms with Crippen molar-refractivity contribution in [1.82, 2.24) is 14.9 Å². The van der Waals surface area contributed by atoms with E-state index in [1.165, 1.54) is 64.0 Å². The Labute approximate surface area is 173 Å². The molecule has 1 aromatic carbocycles. The molecule has 0 spiro atoms. The van der Waals surface area contributed by atoms with Crippen LogP contribution in [0.3, 0.4) is 0 Å². The maximum absolute atomic E-state index is 5.24. The van der Waals surface area contributed by atoms with Crippen LogP contribution in [0.25, 0.3) is 16.7 Å². The van der Waals surface area contributed by atoms with Crippen LogP contribution in [0, 0.1) is 27.7 Å². The first-order valence-electron chi connectivity index (χ1n) is 11.1. The lowest BCUT2D eigenvalue weighted by atomic mass is 9.95. The fourth-order valence-electron chi connectivity index (χ4n) is 5.52.